The molecule has 0 saturated carbocycles. The van der Waals surface area contributed by atoms with Gasteiger partial charge in [0.15, 0.2) is 11.6 Å². The number of nitrogens with zero attached hydrogens (tertiary/aromatic N) is 3. The van der Waals surface area contributed by atoms with Crippen LogP contribution in [0.1, 0.15) is 18.2 Å². The lowest BCUT2D eigenvalue weighted by molar-refractivity contribution is 0.669. The van der Waals surface area contributed by atoms with Gasteiger partial charge < -0.3 is 4.42 Å². The van der Waals surface area contributed by atoms with Gasteiger partial charge in [0.1, 0.15) is 17.0 Å². The first kappa shape index (κ1) is 26.1. The third-order valence-electron chi connectivity index (χ3n) is 9.57. The molecule has 0 N–H and O–H groups in total. The molecule has 1 unspecified atom stereocenters. The number of rotatable bonds is 4. The Kier molecular flexibility index (Phi) is 5.67. The molecule has 1 atom stereocenters. The van der Waals surface area contributed by atoms with E-state index in [1.54, 1.807) is 0 Å². The molecule has 0 amide bonds. The average molecular weight is 602 g/mol. The molecule has 0 bridgehead atoms. The molecule has 0 spiro atoms. The van der Waals surface area contributed by atoms with Crippen LogP contribution >= 0.6 is 0 Å². The van der Waals surface area contributed by atoms with Gasteiger partial charge in [-0.2, -0.15) is 0 Å². The Morgan fingerprint density at radius 3 is 2.17 bits per heavy atom. The lowest BCUT2D eigenvalue weighted by Crippen LogP contribution is -2.07. The van der Waals surface area contributed by atoms with E-state index in [4.69, 9.17) is 19.4 Å². The maximum atomic E-state index is 6.59. The minimum absolute atomic E-state index is 0.0941. The summed E-state index contributed by atoms with van der Waals surface area (Å²) in [7, 11) is 0. The SMILES string of the molecule is C1=CCC(c2nc(-c3ccccc3)nc(-c3cccc4oc5cc(-c6cccc7c6-c6cccc8cccc-7c68)ccc5c34)n2)C=C1. The van der Waals surface area contributed by atoms with Crippen LogP contribution in [0.5, 0.6) is 0 Å². The summed E-state index contributed by atoms with van der Waals surface area (Å²) in [5, 5.41) is 4.66. The van der Waals surface area contributed by atoms with Crippen LogP contribution in [0.2, 0.25) is 0 Å². The fourth-order valence-electron chi connectivity index (χ4n) is 7.43. The van der Waals surface area contributed by atoms with Crippen LogP contribution in [-0.2, 0) is 0 Å². The molecule has 10 rings (SSSR count). The van der Waals surface area contributed by atoms with Crippen molar-refractivity contribution in [2.45, 2.75) is 12.3 Å². The molecule has 2 aromatic heterocycles. The Labute approximate surface area is 271 Å². The van der Waals surface area contributed by atoms with Gasteiger partial charge in [-0.25, -0.2) is 15.0 Å². The second-order valence-corrected chi connectivity index (χ2v) is 12.3. The monoisotopic (exact) mass is 601 g/mol. The third kappa shape index (κ3) is 4.05. The first-order valence-corrected chi connectivity index (χ1v) is 16.1. The molecule has 0 fully saturated rings. The lowest BCUT2D eigenvalue weighted by Gasteiger charge is -2.14. The maximum absolute atomic E-state index is 6.59. The second kappa shape index (κ2) is 10.2. The predicted octanol–water partition coefficient (Wildman–Crippen LogP) is 11.2. The molecular weight excluding hydrogens is 574 g/mol. The summed E-state index contributed by atoms with van der Waals surface area (Å²) < 4.78 is 6.59. The molecule has 4 nitrogen and oxygen atoms in total. The predicted molar refractivity (Wildman–Crippen MR) is 191 cm³/mol. The molecule has 0 radical (unpaired) electrons. The van der Waals surface area contributed by atoms with E-state index >= 15 is 0 Å². The van der Waals surface area contributed by atoms with E-state index in [0.29, 0.717) is 11.6 Å². The van der Waals surface area contributed by atoms with Crippen LogP contribution < -0.4 is 0 Å². The van der Waals surface area contributed by atoms with Gasteiger partial charge in [-0.05, 0) is 68.8 Å². The molecule has 0 saturated heterocycles. The zero-order valence-corrected chi connectivity index (χ0v) is 25.4. The average Bonchev–Trinajstić information content (AvgIpc) is 3.69. The van der Waals surface area contributed by atoms with Crippen molar-refractivity contribution in [2.75, 3.05) is 0 Å². The molecule has 2 heterocycles. The highest BCUT2D eigenvalue weighted by Crippen LogP contribution is 2.51. The van der Waals surface area contributed by atoms with Gasteiger partial charge in [-0.1, -0.05) is 127 Å². The molecule has 4 heteroatoms. The van der Waals surface area contributed by atoms with Gasteiger partial charge >= 0.3 is 0 Å². The quantitative estimate of drug-likeness (QED) is 0.201. The van der Waals surface area contributed by atoms with E-state index in [-0.39, 0.29) is 5.92 Å². The Balaban J connectivity index is 1.14. The molecule has 0 aliphatic heterocycles. The number of benzene rings is 6. The number of furan rings is 1. The van der Waals surface area contributed by atoms with Gasteiger partial charge in [-0.15, -0.1) is 0 Å². The van der Waals surface area contributed by atoms with Crippen LogP contribution in [-0.4, -0.2) is 15.0 Å². The summed E-state index contributed by atoms with van der Waals surface area (Å²) in [6, 6.07) is 42.7. The molecule has 6 aromatic carbocycles. The zero-order chi connectivity index (χ0) is 30.9. The number of aromatic nitrogens is 3. The fraction of sp³-hybridized carbons (Fsp3) is 0.0465. The summed E-state index contributed by atoms with van der Waals surface area (Å²) in [6.45, 7) is 0. The Hall–Kier alpha value is -6.13. The third-order valence-corrected chi connectivity index (χ3v) is 9.57. The van der Waals surface area contributed by atoms with Crippen molar-refractivity contribution < 1.29 is 4.42 Å². The minimum atomic E-state index is 0.0941. The molecule has 2 aliphatic carbocycles. The highest BCUT2D eigenvalue weighted by atomic mass is 16.3. The summed E-state index contributed by atoms with van der Waals surface area (Å²) in [6.07, 6.45) is 9.34. The van der Waals surface area contributed by atoms with Crippen molar-refractivity contribution in [3.8, 4) is 56.2 Å². The number of allylic oxidation sites excluding steroid dienone is 4. The molecule has 8 aromatic rings. The summed E-state index contributed by atoms with van der Waals surface area (Å²) in [5.41, 5.74) is 11.1. The second-order valence-electron chi connectivity index (χ2n) is 12.3. The van der Waals surface area contributed by atoms with Crippen LogP contribution in [0.3, 0.4) is 0 Å². The van der Waals surface area contributed by atoms with Crippen molar-refractivity contribution in [3.05, 3.63) is 151 Å². The van der Waals surface area contributed by atoms with E-state index in [1.165, 1.54) is 38.6 Å². The van der Waals surface area contributed by atoms with E-state index in [1.807, 2.05) is 42.5 Å². The van der Waals surface area contributed by atoms with Crippen LogP contribution in [0.15, 0.2) is 150 Å². The Morgan fingerprint density at radius 2 is 1.30 bits per heavy atom. The molecule has 220 valence electrons. The summed E-state index contributed by atoms with van der Waals surface area (Å²) in [5.74, 6) is 2.20. The van der Waals surface area contributed by atoms with Gasteiger partial charge in [0.2, 0.25) is 0 Å². The van der Waals surface area contributed by atoms with Crippen molar-refractivity contribution in [1.29, 1.82) is 0 Å². The van der Waals surface area contributed by atoms with E-state index in [0.717, 1.165) is 50.9 Å². The lowest BCUT2D eigenvalue weighted by atomic mass is 9.92. The van der Waals surface area contributed by atoms with Gasteiger partial charge in [0.05, 0.1) is 0 Å². The highest BCUT2D eigenvalue weighted by molar-refractivity contribution is 6.18. The largest absolute Gasteiger partial charge is 0.456 e. The molecular formula is C43H27N3O. The van der Waals surface area contributed by atoms with Crippen molar-refractivity contribution in [2.24, 2.45) is 0 Å². The number of fused-ring (bicyclic) bond motifs is 6. The number of hydrogen-bond donors (Lipinski definition) is 0. The van der Waals surface area contributed by atoms with Gasteiger partial charge in [0, 0.05) is 27.8 Å². The first-order valence-electron chi connectivity index (χ1n) is 16.1. The van der Waals surface area contributed by atoms with Gasteiger partial charge in [-0.3, -0.25) is 0 Å². The highest BCUT2D eigenvalue weighted by Gasteiger charge is 2.25. The standard InChI is InChI=1S/C43H27N3O/c1-3-11-27(12-4-1)41-44-42(28-13-5-2-6-14-28)46-43(45-41)35-21-10-22-36-40(35)33-24-23-29(25-37(33)47-36)30-17-9-19-32-31-18-7-15-26-16-8-20-34(38(26)31)39(30)32/h1-13,15-25,28H,14H2. The maximum Gasteiger partial charge on any atom is 0.164 e. The smallest absolute Gasteiger partial charge is 0.164 e. The Morgan fingerprint density at radius 1 is 0.532 bits per heavy atom. The van der Waals surface area contributed by atoms with Crippen molar-refractivity contribution >= 4 is 32.7 Å². The topological polar surface area (TPSA) is 51.8 Å². The molecule has 47 heavy (non-hydrogen) atoms. The number of hydrogen-bond acceptors (Lipinski definition) is 4. The normalized spacial score (nSPS) is 14.8. The van der Waals surface area contributed by atoms with E-state index in [2.05, 4.69) is 103 Å². The fourth-order valence-corrected chi connectivity index (χ4v) is 7.43. The summed E-state index contributed by atoms with van der Waals surface area (Å²) in [4.78, 5) is 15.1. The summed E-state index contributed by atoms with van der Waals surface area (Å²) >= 11 is 0. The van der Waals surface area contributed by atoms with Crippen LogP contribution in [0.4, 0.5) is 0 Å². The van der Waals surface area contributed by atoms with Crippen LogP contribution in [0, 0.1) is 0 Å². The van der Waals surface area contributed by atoms with Crippen LogP contribution in [0.25, 0.3) is 88.9 Å². The minimum Gasteiger partial charge on any atom is -0.456 e. The first-order chi connectivity index (χ1) is 23.3. The van der Waals surface area contributed by atoms with E-state index < -0.39 is 0 Å². The van der Waals surface area contributed by atoms with Crippen molar-refractivity contribution in [3.63, 3.8) is 0 Å². The molecule has 2 aliphatic rings. The van der Waals surface area contributed by atoms with E-state index in [9.17, 15) is 0 Å². The van der Waals surface area contributed by atoms with Crippen molar-refractivity contribution in [1.82, 2.24) is 15.0 Å². The Bertz CT molecular complexity index is 2610. The zero-order valence-electron chi connectivity index (χ0n) is 25.4. The van der Waals surface area contributed by atoms with Gasteiger partial charge in [0.25, 0.3) is 0 Å².